The lowest BCUT2D eigenvalue weighted by Gasteiger charge is -2.37. The second-order valence-corrected chi connectivity index (χ2v) is 8.05. The van der Waals surface area contributed by atoms with Gasteiger partial charge >= 0.3 is 0 Å². The largest absolute Gasteiger partial charge is 0.399 e. The molecule has 108 valence electrons. The average Bonchev–Trinajstić information content (AvgIpc) is 3.19. The molecule has 2 fully saturated rings. The Morgan fingerprint density at radius 1 is 1.20 bits per heavy atom. The smallest absolute Gasteiger partial charge is 0.233 e. The molecule has 2 aliphatic rings. The van der Waals surface area contributed by atoms with E-state index in [1.54, 1.807) is 0 Å². The van der Waals surface area contributed by atoms with Crippen LogP contribution in [0.3, 0.4) is 0 Å². The molecule has 1 aliphatic heterocycles. The number of amides is 1. The number of rotatable bonds is 2. The highest BCUT2D eigenvalue weighted by atomic mass is 32.2. The summed E-state index contributed by atoms with van der Waals surface area (Å²) in [5, 5.41) is 1.06. The number of hydrogen-bond acceptors (Lipinski definition) is 3. The molecule has 1 saturated heterocycles. The Balaban J connectivity index is 1.81. The lowest BCUT2D eigenvalue weighted by Crippen LogP contribution is -2.48. The highest BCUT2D eigenvalue weighted by Crippen LogP contribution is 2.50. The van der Waals surface area contributed by atoms with E-state index in [1.807, 2.05) is 36.0 Å². The number of carbonyl (C=O) groups is 1. The second-order valence-electron chi connectivity index (χ2n) is 6.17. The molecule has 1 aromatic rings. The standard InChI is InChI=1S/C16H22N2OS/c1-11-9-18(10-12(2)20-11)15(19)16(7-8-16)13-3-5-14(17)6-4-13/h3-6,11-12H,7-10,17H2,1-2H3. The van der Waals surface area contributed by atoms with Crippen molar-refractivity contribution in [2.75, 3.05) is 18.8 Å². The van der Waals surface area contributed by atoms with Crippen LogP contribution in [0.4, 0.5) is 5.69 Å². The zero-order chi connectivity index (χ0) is 14.3. The van der Waals surface area contributed by atoms with Gasteiger partial charge < -0.3 is 10.6 Å². The van der Waals surface area contributed by atoms with Crippen molar-refractivity contribution < 1.29 is 4.79 Å². The SMILES string of the molecule is CC1CN(C(=O)C2(c3ccc(N)cc3)CC2)CC(C)S1. The van der Waals surface area contributed by atoms with Crippen molar-refractivity contribution in [2.24, 2.45) is 0 Å². The van der Waals surface area contributed by atoms with Crippen molar-refractivity contribution in [3.63, 3.8) is 0 Å². The predicted octanol–water partition coefficient (Wildman–Crippen LogP) is 2.65. The Hall–Kier alpha value is -1.16. The van der Waals surface area contributed by atoms with Gasteiger partial charge in [0.05, 0.1) is 5.41 Å². The van der Waals surface area contributed by atoms with E-state index in [9.17, 15) is 4.79 Å². The Labute approximate surface area is 124 Å². The number of benzene rings is 1. The molecule has 1 aliphatic carbocycles. The monoisotopic (exact) mass is 290 g/mol. The molecule has 3 nitrogen and oxygen atoms in total. The van der Waals surface area contributed by atoms with Gasteiger partial charge in [-0.3, -0.25) is 4.79 Å². The van der Waals surface area contributed by atoms with Gasteiger partial charge in [-0.25, -0.2) is 0 Å². The maximum Gasteiger partial charge on any atom is 0.233 e. The van der Waals surface area contributed by atoms with Crippen LogP contribution < -0.4 is 5.73 Å². The maximum absolute atomic E-state index is 12.9. The van der Waals surface area contributed by atoms with E-state index in [-0.39, 0.29) is 5.41 Å². The van der Waals surface area contributed by atoms with Crippen molar-refractivity contribution in [1.82, 2.24) is 4.90 Å². The first kappa shape index (κ1) is 13.8. The van der Waals surface area contributed by atoms with Crippen LogP contribution in [0, 0.1) is 0 Å². The summed E-state index contributed by atoms with van der Waals surface area (Å²) in [5.41, 5.74) is 7.39. The molecule has 1 aromatic carbocycles. The van der Waals surface area contributed by atoms with Gasteiger partial charge in [-0.05, 0) is 30.5 Å². The van der Waals surface area contributed by atoms with Crippen molar-refractivity contribution in [3.8, 4) is 0 Å². The van der Waals surface area contributed by atoms with Crippen molar-refractivity contribution in [2.45, 2.75) is 42.6 Å². The average molecular weight is 290 g/mol. The number of hydrogen-bond donors (Lipinski definition) is 1. The van der Waals surface area contributed by atoms with Gasteiger partial charge in [0, 0.05) is 29.3 Å². The molecule has 0 aromatic heterocycles. The molecule has 1 saturated carbocycles. The summed E-state index contributed by atoms with van der Waals surface area (Å²) < 4.78 is 0. The minimum absolute atomic E-state index is 0.255. The highest BCUT2D eigenvalue weighted by Gasteiger charge is 2.53. The minimum atomic E-state index is -0.255. The van der Waals surface area contributed by atoms with Gasteiger partial charge in [-0.15, -0.1) is 0 Å². The Kier molecular flexibility index (Phi) is 3.44. The zero-order valence-corrected chi connectivity index (χ0v) is 13.0. The molecular formula is C16H22N2OS. The predicted molar refractivity (Wildman–Crippen MR) is 84.9 cm³/mol. The van der Waals surface area contributed by atoms with Gasteiger partial charge in [-0.1, -0.05) is 26.0 Å². The minimum Gasteiger partial charge on any atom is -0.399 e. The van der Waals surface area contributed by atoms with Crippen molar-refractivity contribution in [3.05, 3.63) is 29.8 Å². The summed E-state index contributed by atoms with van der Waals surface area (Å²) >= 11 is 1.98. The third-order valence-corrected chi connectivity index (χ3v) is 5.56. The summed E-state index contributed by atoms with van der Waals surface area (Å²) in [4.78, 5) is 15.0. The maximum atomic E-state index is 12.9. The molecule has 1 heterocycles. The quantitative estimate of drug-likeness (QED) is 0.852. The third kappa shape index (κ3) is 2.41. The van der Waals surface area contributed by atoms with Crippen LogP contribution in [0.5, 0.6) is 0 Å². The molecule has 3 rings (SSSR count). The molecule has 0 bridgehead atoms. The third-order valence-electron chi connectivity index (χ3n) is 4.33. The molecule has 2 unspecified atom stereocenters. The van der Waals surface area contributed by atoms with E-state index in [1.165, 1.54) is 0 Å². The molecule has 2 atom stereocenters. The lowest BCUT2D eigenvalue weighted by molar-refractivity contribution is -0.134. The van der Waals surface area contributed by atoms with Crippen LogP contribution in [0.25, 0.3) is 0 Å². The van der Waals surface area contributed by atoms with Gasteiger partial charge in [0.25, 0.3) is 0 Å². The van der Waals surface area contributed by atoms with Crippen LogP contribution in [-0.2, 0) is 10.2 Å². The fraction of sp³-hybridized carbons (Fsp3) is 0.562. The fourth-order valence-electron chi connectivity index (χ4n) is 3.20. The molecular weight excluding hydrogens is 268 g/mol. The summed E-state index contributed by atoms with van der Waals surface area (Å²) in [7, 11) is 0. The van der Waals surface area contributed by atoms with Crippen LogP contribution >= 0.6 is 11.8 Å². The number of anilines is 1. The van der Waals surface area contributed by atoms with Crippen LogP contribution in [0.2, 0.25) is 0 Å². The lowest BCUT2D eigenvalue weighted by atomic mass is 9.94. The number of thioether (sulfide) groups is 1. The topological polar surface area (TPSA) is 46.3 Å². The van der Waals surface area contributed by atoms with Gasteiger partial charge in [0.2, 0.25) is 5.91 Å². The zero-order valence-electron chi connectivity index (χ0n) is 12.1. The van der Waals surface area contributed by atoms with Crippen molar-refractivity contribution in [1.29, 1.82) is 0 Å². The van der Waals surface area contributed by atoms with Crippen LogP contribution in [-0.4, -0.2) is 34.4 Å². The number of nitrogen functional groups attached to an aromatic ring is 1. The summed E-state index contributed by atoms with van der Waals surface area (Å²) in [5.74, 6) is 0.321. The molecule has 20 heavy (non-hydrogen) atoms. The van der Waals surface area contributed by atoms with E-state index in [4.69, 9.17) is 5.73 Å². The molecule has 1 amide bonds. The van der Waals surface area contributed by atoms with Gasteiger partial charge in [-0.2, -0.15) is 11.8 Å². The normalized spacial score (nSPS) is 28.2. The van der Waals surface area contributed by atoms with Crippen LogP contribution in [0.15, 0.2) is 24.3 Å². The van der Waals surface area contributed by atoms with Gasteiger partial charge in [0.1, 0.15) is 0 Å². The van der Waals surface area contributed by atoms with E-state index in [0.717, 1.165) is 37.2 Å². The summed E-state index contributed by atoms with van der Waals surface area (Å²) in [6.07, 6.45) is 1.95. The van der Waals surface area contributed by atoms with E-state index < -0.39 is 0 Å². The first-order valence-electron chi connectivity index (χ1n) is 7.32. The number of carbonyl (C=O) groups excluding carboxylic acids is 1. The highest BCUT2D eigenvalue weighted by molar-refractivity contribution is 8.00. The number of nitrogens with two attached hydrogens (primary N) is 1. The Morgan fingerprint density at radius 3 is 2.25 bits per heavy atom. The Morgan fingerprint density at radius 2 is 1.75 bits per heavy atom. The van der Waals surface area contributed by atoms with Gasteiger partial charge in [0.15, 0.2) is 0 Å². The number of nitrogens with zero attached hydrogens (tertiary/aromatic N) is 1. The Bertz CT molecular complexity index is 500. The summed E-state index contributed by atoms with van der Waals surface area (Å²) in [6.45, 7) is 6.18. The second kappa shape index (κ2) is 4.99. The van der Waals surface area contributed by atoms with E-state index in [2.05, 4.69) is 18.7 Å². The fourth-order valence-corrected chi connectivity index (χ4v) is 4.52. The molecule has 0 radical (unpaired) electrons. The van der Waals surface area contributed by atoms with Crippen molar-refractivity contribution >= 4 is 23.4 Å². The van der Waals surface area contributed by atoms with E-state index in [0.29, 0.717) is 16.4 Å². The van der Waals surface area contributed by atoms with Crippen LogP contribution in [0.1, 0.15) is 32.3 Å². The molecule has 4 heteroatoms. The first-order chi connectivity index (χ1) is 9.51. The molecule has 0 spiro atoms. The summed E-state index contributed by atoms with van der Waals surface area (Å²) in [6, 6.07) is 7.84. The first-order valence-corrected chi connectivity index (χ1v) is 8.26. The molecule has 2 N–H and O–H groups in total. The van der Waals surface area contributed by atoms with E-state index >= 15 is 0 Å².